The summed E-state index contributed by atoms with van der Waals surface area (Å²) in [5.74, 6) is 2.20. The molecule has 0 bridgehead atoms. The predicted octanol–water partition coefficient (Wildman–Crippen LogP) is -0.397. The van der Waals surface area contributed by atoms with E-state index in [1.54, 1.807) is 12.2 Å². The summed E-state index contributed by atoms with van der Waals surface area (Å²) in [4.78, 5) is 24.7. The van der Waals surface area contributed by atoms with E-state index in [1.165, 1.54) is 10.8 Å². The van der Waals surface area contributed by atoms with Gasteiger partial charge in [-0.2, -0.15) is 0 Å². The van der Waals surface area contributed by atoms with Gasteiger partial charge in [0.05, 0.1) is 6.61 Å². The van der Waals surface area contributed by atoms with Crippen LogP contribution in [0.5, 0.6) is 0 Å². The molecule has 0 aliphatic carbocycles. The second kappa shape index (κ2) is 3.59. The Morgan fingerprint density at radius 3 is 3.00 bits per heavy atom. The summed E-state index contributed by atoms with van der Waals surface area (Å²) in [7, 11) is 0. The van der Waals surface area contributed by atoms with Crippen molar-refractivity contribution in [2.75, 3.05) is 6.61 Å². The zero-order valence-electron chi connectivity index (χ0n) is 7.77. The molecule has 0 spiro atoms. The van der Waals surface area contributed by atoms with Crippen molar-refractivity contribution in [2.24, 2.45) is 0 Å². The molecule has 1 aromatic heterocycles. The third-order valence-corrected chi connectivity index (χ3v) is 2.06. The second-order valence-electron chi connectivity index (χ2n) is 3.01. The molecule has 2 rings (SSSR count). The number of H-pyrrole nitrogens is 1. The first-order valence-corrected chi connectivity index (χ1v) is 4.32. The van der Waals surface area contributed by atoms with E-state index in [4.69, 9.17) is 11.2 Å². The smallest absolute Gasteiger partial charge is 0.330 e. The summed E-state index contributed by atoms with van der Waals surface area (Å²) < 4.78 is 6.47. The molecule has 0 amide bonds. The van der Waals surface area contributed by atoms with Crippen molar-refractivity contribution in [3.05, 3.63) is 44.8 Å². The van der Waals surface area contributed by atoms with E-state index in [0.717, 1.165) is 0 Å². The van der Waals surface area contributed by atoms with Crippen LogP contribution in [0.3, 0.4) is 0 Å². The van der Waals surface area contributed by atoms with Gasteiger partial charge in [0, 0.05) is 6.20 Å². The van der Waals surface area contributed by atoms with E-state index in [-0.39, 0.29) is 5.56 Å². The van der Waals surface area contributed by atoms with Crippen LogP contribution < -0.4 is 11.2 Å². The number of nitrogens with zero attached hydrogens (tertiary/aromatic N) is 1. The van der Waals surface area contributed by atoms with Crippen LogP contribution in [0.25, 0.3) is 0 Å². The summed E-state index contributed by atoms with van der Waals surface area (Å²) in [5, 5.41) is 0. The van der Waals surface area contributed by atoms with Crippen molar-refractivity contribution in [1.29, 1.82) is 0 Å². The normalized spacial score (nSPS) is 19.0. The number of aromatic amines is 1. The Bertz CT molecular complexity index is 559. The maximum absolute atomic E-state index is 11.4. The SMILES string of the molecule is C#Cc1cn([C@H]2C=CCO2)c(=O)[nH]c1=O. The highest BCUT2D eigenvalue weighted by Gasteiger charge is 2.14. The fraction of sp³-hybridized carbons (Fsp3) is 0.200. The lowest BCUT2D eigenvalue weighted by Crippen LogP contribution is -2.33. The van der Waals surface area contributed by atoms with Gasteiger partial charge in [0.25, 0.3) is 5.56 Å². The molecule has 5 nitrogen and oxygen atoms in total. The first-order chi connectivity index (χ1) is 7.22. The molecule has 76 valence electrons. The number of aromatic nitrogens is 2. The maximum Gasteiger partial charge on any atom is 0.330 e. The van der Waals surface area contributed by atoms with Gasteiger partial charge in [-0.05, 0) is 6.08 Å². The molecule has 0 saturated heterocycles. The summed E-state index contributed by atoms with van der Waals surface area (Å²) >= 11 is 0. The summed E-state index contributed by atoms with van der Waals surface area (Å²) in [5.41, 5.74) is -0.977. The fourth-order valence-corrected chi connectivity index (χ4v) is 1.33. The molecule has 1 aromatic rings. The van der Waals surface area contributed by atoms with Crippen LogP contribution in [0.4, 0.5) is 0 Å². The van der Waals surface area contributed by atoms with Gasteiger partial charge in [-0.25, -0.2) is 4.79 Å². The summed E-state index contributed by atoms with van der Waals surface area (Å²) in [6, 6.07) is 0. The average molecular weight is 204 g/mol. The summed E-state index contributed by atoms with van der Waals surface area (Å²) in [6.45, 7) is 0.446. The number of ether oxygens (including phenoxy) is 1. The highest BCUT2D eigenvalue weighted by atomic mass is 16.5. The van der Waals surface area contributed by atoms with Crippen molar-refractivity contribution in [3.63, 3.8) is 0 Å². The zero-order chi connectivity index (χ0) is 10.8. The first kappa shape index (κ1) is 9.49. The van der Waals surface area contributed by atoms with Crippen molar-refractivity contribution in [3.8, 4) is 12.3 Å². The highest BCUT2D eigenvalue weighted by molar-refractivity contribution is 5.26. The third kappa shape index (κ3) is 1.63. The van der Waals surface area contributed by atoms with Crippen LogP contribution in [-0.4, -0.2) is 16.2 Å². The molecule has 0 unspecified atom stereocenters. The standard InChI is InChI=1S/C10H8N2O3/c1-2-7-6-12(8-4-3-5-15-8)10(14)11-9(7)13/h1,3-4,6,8H,5H2,(H,11,13,14)/t8-/m1/s1. The predicted molar refractivity (Wildman–Crippen MR) is 53.4 cm³/mol. The van der Waals surface area contributed by atoms with Gasteiger partial charge in [0.2, 0.25) is 0 Å². The molecule has 1 aliphatic rings. The average Bonchev–Trinajstić information content (AvgIpc) is 2.71. The minimum absolute atomic E-state index is 0.110. The van der Waals surface area contributed by atoms with Gasteiger partial charge in [-0.15, -0.1) is 6.42 Å². The molecule has 0 aromatic carbocycles. The minimum atomic E-state index is -0.555. The second-order valence-corrected chi connectivity index (χ2v) is 3.01. The van der Waals surface area contributed by atoms with E-state index < -0.39 is 17.5 Å². The molecular formula is C10H8N2O3. The van der Waals surface area contributed by atoms with E-state index >= 15 is 0 Å². The lowest BCUT2D eigenvalue weighted by atomic mass is 10.3. The van der Waals surface area contributed by atoms with Crippen molar-refractivity contribution in [2.45, 2.75) is 6.23 Å². The fourth-order valence-electron chi connectivity index (χ4n) is 1.33. The van der Waals surface area contributed by atoms with E-state index in [2.05, 4.69) is 10.9 Å². The monoisotopic (exact) mass is 204 g/mol. The Morgan fingerprint density at radius 2 is 2.40 bits per heavy atom. The van der Waals surface area contributed by atoms with Crippen LogP contribution in [0.1, 0.15) is 11.8 Å². The lowest BCUT2D eigenvalue weighted by Gasteiger charge is -2.11. The molecule has 15 heavy (non-hydrogen) atoms. The Morgan fingerprint density at radius 1 is 1.60 bits per heavy atom. The van der Waals surface area contributed by atoms with Crippen molar-refractivity contribution < 1.29 is 4.74 Å². The van der Waals surface area contributed by atoms with Crippen LogP contribution in [0, 0.1) is 12.3 Å². The summed E-state index contributed by atoms with van der Waals surface area (Å²) in [6.07, 6.45) is 9.47. The molecule has 1 atom stereocenters. The van der Waals surface area contributed by atoms with E-state index in [9.17, 15) is 9.59 Å². The van der Waals surface area contributed by atoms with Gasteiger partial charge in [-0.3, -0.25) is 14.3 Å². The maximum atomic E-state index is 11.4. The Labute approximate surface area is 85.0 Å². The van der Waals surface area contributed by atoms with E-state index in [1.807, 2.05) is 0 Å². The van der Waals surface area contributed by atoms with Gasteiger partial charge in [-0.1, -0.05) is 12.0 Å². The Kier molecular flexibility index (Phi) is 2.27. The molecular weight excluding hydrogens is 196 g/mol. The third-order valence-electron chi connectivity index (χ3n) is 2.06. The first-order valence-electron chi connectivity index (χ1n) is 4.32. The molecule has 1 aliphatic heterocycles. The number of terminal acetylenes is 1. The molecule has 5 heteroatoms. The molecule has 0 fully saturated rings. The van der Waals surface area contributed by atoms with Crippen molar-refractivity contribution >= 4 is 0 Å². The minimum Gasteiger partial charge on any atom is -0.350 e. The quantitative estimate of drug-likeness (QED) is 0.500. The van der Waals surface area contributed by atoms with E-state index in [0.29, 0.717) is 6.61 Å². The number of nitrogens with one attached hydrogen (secondary N) is 1. The Balaban J connectivity index is 2.57. The Hall–Kier alpha value is -2.06. The molecule has 2 heterocycles. The van der Waals surface area contributed by atoms with Crippen LogP contribution in [0.2, 0.25) is 0 Å². The molecule has 0 saturated carbocycles. The lowest BCUT2D eigenvalue weighted by molar-refractivity contribution is 0.0720. The zero-order valence-corrected chi connectivity index (χ0v) is 7.77. The number of rotatable bonds is 1. The van der Waals surface area contributed by atoms with Crippen molar-refractivity contribution in [1.82, 2.24) is 9.55 Å². The van der Waals surface area contributed by atoms with Crippen LogP contribution in [0.15, 0.2) is 27.9 Å². The topological polar surface area (TPSA) is 64.1 Å². The largest absolute Gasteiger partial charge is 0.350 e. The van der Waals surface area contributed by atoms with Gasteiger partial charge < -0.3 is 4.74 Å². The van der Waals surface area contributed by atoms with Gasteiger partial charge >= 0.3 is 5.69 Å². The van der Waals surface area contributed by atoms with Gasteiger partial charge in [0.1, 0.15) is 5.56 Å². The highest BCUT2D eigenvalue weighted by Crippen LogP contribution is 2.12. The molecule has 1 N–H and O–H groups in total. The van der Waals surface area contributed by atoms with Gasteiger partial charge in [0.15, 0.2) is 6.23 Å². The number of hydrogen-bond acceptors (Lipinski definition) is 3. The number of hydrogen-bond donors (Lipinski definition) is 1. The van der Waals surface area contributed by atoms with Crippen LogP contribution in [-0.2, 0) is 4.74 Å². The molecule has 0 radical (unpaired) electrons. The van der Waals surface area contributed by atoms with Crippen LogP contribution >= 0.6 is 0 Å².